The minimum Gasteiger partial charge on any atom is -0.481 e. The molecule has 7 amide bonds. The van der Waals surface area contributed by atoms with Gasteiger partial charge in [0.05, 0.1) is 6.04 Å². The Morgan fingerprint density at radius 2 is 0.879 bits per heavy atom. The first-order chi connectivity index (χ1) is 27.2. The molecule has 0 aliphatic rings. The van der Waals surface area contributed by atoms with E-state index in [1.165, 1.54) is 11.8 Å². The number of carbonyl (C=O) groups is 9. The molecular weight excluding hydrogens is 789 g/mol. The van der Waals surface area contributed by atoms with Crippen molar-refractivity contribution in [1.29, 1.82) is 0 Å². The van der Waals surface area contributed by atoms with Crippen LogP contribution in [0.1, 0.15) is 70.6 Å². The summed E-state index contributed by atoms with van der Waals surface area (Å²) in [4.78, 5) is 121. The third-order valence-corrected chi connectivity index (χ3v) is 8.66. The van der Waals surface area contributed by atoms with E-state index in [0.717, 1.165) is 0 Å². The van der Waals surface area contributed by atoms with Gasteiger partial charge in [0.15, 0.2) is 11.9 Å². The average molecular weight is 847 g/mol. The Balaban J connectivity index is 6.38. The Morgan fingerprint density at radius 3 is 1.24 bits per heavy atom. The molecule has 0 aromatic heterocycles. The van der Waals surface area contributed by atoms with Crippen molar-refractivity contribution in [1.82, 2.24) is 26.6 Å². The van der Waals surface area contributed by atoms with Gasteiger partial charge in [0, 0.05) is 32.4 Å². The van der Waals surface area contributed by atoms with E-state index in [1.54, 1.807) is 6.26 Å². The first-order valence-electron chi connectivity index (χ1n) is 18.1. The van der Waals surface area contributed by atoms with Gasteiger partial charge in [-0.25, -0.2) is 4.79 Å². The number of aliphatic imine (C=N–C) groups is 2. The van der Waals surface area contributed by atoms with Crippen molar-refractivity contribution in [3.05, 3.63) is 0 Å². The summed E-state index contributed by atoms with van der Waals surface area (Å²) in [6, 6.07) is -8.50. The zero-order valence-corrected chi connectivity index (χ0v) is 33.1. The number of carboxylic acid groups (broad SMARTS) is 2. The molecule has 0 aliphatic heterocycles. The summed E-state index contributed by atoms with van der Waals surface area (Å²) in [5.41, 5.74) is 37.7. The molecule has 6 atom stereocenters. The van der Waals surface area contributed by atoms with Gasteiger partial charge in [0.1, 0.15) is 30.2 Å². The standard InChI is InChI=1S/C32H58N14O11S/c1-58-15-12-20(45-27(53)18(7-9-22(34)47)42-25(51)16(33)6-11-24(49)50)29(55)44-19(8-10-23(35)48)28(54)43-17(4-2-13-40-31(36)37)26(52)46-21(30(56)57)5-3-14-41-32(38)39/h16-21H,2-15,33H2,1H3,(H2,34,47)(H2,35,48)(H,42,51)(H,43,54)(H,44,55)(H,45,53)(H,46,52)(H,49,50)(H,56,57)(H4,36,37,40)(H4,38,39,41)/t16-,17-,18-,19-,20-,21-/m0/s1. The van der Waals surface area contributed by atoms with Gasteiger partial charge in [0.25, 0.3) is 0 Å². The Labute approximate surface area is 338 Å². The molecule has 328 valence electrons. The number of thioether (sulfide) groups is 1. The number of carbonyl (C=O) groups excluding carboxylic acids is 7. The maximum Gasteiger partial charge on any atom is 0.326 e. The number of guanidine groups is 2. The second-order valence-electron chi connectivity index (χ2n) is 12.9. The second-order valence-corrected chi connectivity index (χ2v) is 13.9. The number of nitrogens with one attached hydrogen (secondary N) is 5. The van der Waals surface area contributed by atoms with Gasteiger partial charge in [-0.15, -0.1) is 0 Å². The van der Waals surface area contributed by atoms with Crippen LogP contribution < -0.4 is 66.7 Å². The number of aliphatic carboxylic acids is 2. The molecule has 0 saturated carbocycles. The van der Waals surface area contributed by atoms with Crippen LogP contribution in [-0.4, -0.2) is 137 Å². The van der Waals surface area contributed by atoms with Gasteiger partial charge < -0.3 is 76.9 Å². The molecule has 25 nitrogen and oxygen atoms in total. The number of nitrogens with zero attached hydrogens (tertiary/aromatic N) is 2. The zero-order chi connectivity index (χ0) is 44.4. The van der Waals surface area contributed by atoms with E-state index in [9.17, 15) is 48.3 Å². The number of nitrogens with two attached hydrogens (primary N) is 7. The fraction of sp³-hybridized carbons (Fsp3) is 0.656. The van der Waals surface area contributed by atoms with Gasteiger partial charge in [0.2, 0.25) is 41.4 Å². The monoisotopic (exact) mass is 846 g/mol. The van der Waals surface area contributed by atoms with Crippen molar-refractivity contribution >= 4 is 77.0 Å². The third-order valence-electron chi connectivity index (χ3n) is 8.01. The quantitative estimate of drug-likeness (QED) is 0.0175. The molecule has 58 heavy (non-hydrogen) atoms. The lowest BCUT2D eigenvalue weighted by atomic mass is 10.0. The van der Waals surface area contributed by atoms with Crippen LogP contribution in [0.5, 0.6) is 0 Å². The molecule has 0 unspecified atom stereocenters. The molecule has 0 bridgehead atoms. The molecule has 0 rings (SSSR count). The predicted octanol–water partition coefficient (Wildman–Crippen LogP) is -5.92. The minimum absolute atomic E-state index is 0.0207. The van der Waals surface area contributed by atoms with Crippen LogP contribution in [-0.2, 0) is 43.2 Å². The van der Waals surface area contributed by atoms with E-state index in [1.807, 2.05) is 0 Å². The van der Waals surface area contributed by atoms with Gasteiger partial charge in [-0.05, 0) is 63.4 Å². The van der Waals surface area contributed by atoms with Gasteiger partial charge in [-0.1, -0.05) is 0 Å². The molecule has 0 spiro atoms. The lowest BCUT2D eigenvalue weighted by Crippen LogP contribution is -2.59. The minimum atomic E-state index is -1.53. The van der Waals surface area contributed by atoms with Crippen LogP contribution in [0.2, 0.25) is 0 Å². The van der Waals surface area contributed by atoms with E-state index in [2.05, 4.69) is 36.6 Å². The van der Waals surface area contributed by atoms with Crippen molar-refractivity contribution in [2.24, 2.45) is 50.1 Å². The largest absolute Gasteiger partial charge is 0.481 e. The van der Waals surface area contributed by atoms with Crippen LogP contribution in [0.4, 0.5) is 0 Å². The molecule has 26 heteroatoms. The maximum atomic E-state index is 13.7. The topological polar surface area (TPSA) is 461 Å². The number of hydrogen-bond acceptors (Lipinski definition) is 13. The van der Waals surface area contributed by atoms with Gasteiger partial charge in [-0.3, -0.25) is 48.3 Å². The highest BCUT2D eigenvalue weighted by Crippen LogP contribution is 2.09. The molecule has 0 radical (unpaired) electrons. The van der Waals surface area contributed by atoms with Crippen LogP contribution in [0.25, 0.3) is 0 Å². The van der Waals surface area contributed by atoms with E-state index in [-0.39, 0.29) is 82.8 Å². The fourth-order valence-electron chi connectivity index (χ4n) is 4.93. The summed E-state index contributed by atoms with van der Waals surface area (Å²) in [7, 11) is 0. The lowest BCUT2D eigenvalue weighted by molar-refractivity contribution is -0.142. The van der Waals surface area contributed by atoms with Gasteiger partial charge >= 0.3 is 11.9 Å². The SMILES string of the molecule is CSCC[C@H](NC(=O)[C@H](CCC(N)=O)NC(=O)[C@@H](N)CCC(=O)O)C(=O)N[C@@H](CCC(N)=O)C(=O)N[C@@H](CCCN=C(N)N)C(=O)N[C@@H](CCCN=C(N)N)C(=O)O. The van der Waals surface area contributed by atoms with Crippen molar-refractivity contribution in [2.45, 2.75) is 107 Å². The van der Waals surface area contributed by atoms with Gasteiger partial charge in [-0.2, -0.15) is 11.8 Å². The van der Waals surface area contributed by atoms with Crippen molar-refractivity contribution < 1.29 is 53.4 Å². The van der Waals surface area contributed by atoms with Crippen molar-refractivity contribution in [3.63, 3.8) is 0 Å². The Morgan fingerprint density at radius 1 is 0.517 bits per heavy atom. The van der Waals surface area contributed by atoms with Crippen molar-refractivity contribution in [3.8, 4) is 0 Å². The number of rotatable bonds is 31. The summed E-state index contributed by atoms with van der Waals surface area (Å²) >= 11 is 1.30. The molecule has 21 N–H and O–H groups in total. The molecule has 0 heterocycles. The van der Waals surface area contributed by atoms with Crippen LogP contribution in [0.15, 0.2) is 9.98 Å². The van der Waals surface area contributed by atoms with Crippen LogP contribution >= 0.6 is 11.8 Å². The highest BCUT2D eigenvalue weighted by atomic mass is 32.2. The fourth-order valence-corrected chi connectivity index (χ4v) is 5.40. The summed E-state index contributed by atoms with van der Waals surface area (Å²) in [5, 5.41) is 30.8. The number of hydrogen-bond donors (Lipinski definition) is 14. The predicted molar refractivity (Wildman–Crippen MR) is 212 cm³/mol. The van der Waals surface area contributed by atoms with E-state index in [4.69, 9.17) is 45.2 Å². The van der Waals surface area contributed by atoms with E-state index < -0.39 is 102 Å². The molecular formula is C32H58N14O11S. The second kappa shape index (κ2) is 28.5. The maximum absolute atomic E-state index is 13.7. The highest BCUT2D eigenvalue weighted by Gasteiger charge is 2.33. The highest BCUT2D eigenvalue weighted by molar-refractivity contribution is 7.98. The molecule has 0 saturated heterocycles. The molecule has 0 fully saturated rings. The molecule has 0 aromatic rings. The smallest absolute Gasteiger partial charge is 0.326 e. The third kappa shape index (κ3) is 23.9. The summed E-state index contributed by atoms with van der Waals surface area (Å²) in [6.07, 6.45) is -0.389. The Hall–Kier alpha value is -5.92. The molecule has 0 aromatic carbocycles. The Kier molecular flexibility index (Phi) is 25.6. The van der Waals surface area contributed by atoms with Crippen LogP contribution in [0.3, 0.4) is 0 Å². The summed E-state index contributed by atoms with van der Waals surface area (Å²) in [6.45, 7) is 0.0996. The van der Waals surface area contributed by atoms with E-state index in [0.29, 0.717) is 5.75 Å². The first-order valence-corrected chi connectivity index (χ1v) is 19.5. The molecule has 0 aliphatic carbocycles. The normalized spacial score (nSPS) is 13.8. The first kappa shape index (κ1) is 52.1. The number of amides is 7. The summed E-state index contributed by atoms with van der Waals surface area (Å²) in [5.74, 6) is -9.07. The number of primary amides is 2. The van der Waals surface area contributed by atoms with Crippen LogP contribution in [0, 0.1) is 0 Å². The number of carboxylic acids is 2. The lowest BCUT2D eigenvalue weighted by Gasteiger charge is -2.27. The van der Waals surface area contributed by atoms with E-state index >= 15 is 0 Å². The zero-order valence-electron chi connectivity index (χ0n) is 32.3. The van der Waals surface area contributed by atoms with Crippen molar-refractivity contribution in [2.75, 3.05) is 25.1 Å². The summed E-state index contributed by atoms with van der Waals surface area (Å²) < 4.78 is 0. The Bertz CT molecular complexity index is 1490. The average Bonchev–Trinajstić information content (AvgIpc) is 3.13.